The second kappa shape index (κ2) is 5.22. The molecule has 1 saturated heterocycles. The largest absolute Gasteiger partial charge is 0.368 e. The van der Waals surface area contributed by atoms with E-state index in [4.69, 9.17) is 5.73 Å². The van der Waals surface area contributed by atoms with Gasteiger partial charge in [-0.2, -0.15) is 0 Å². The molecule has 100 valence electrons. The third kappa shape index (κ3) is 2.48. The molecule has 2 unspecified atom stereocenters. The first-order chi connectivity index (χ1) is 8.52. The van der Waals surface area contributed by atoms with Crippen LogP contribution in [0.2, 0.25) is 0 Å². The van der Waals surface area contributed by atoms with Gasteiger partial charge in [-0.3, -0.25) is 0 Å². The number of anilines is 1. The highest BCUT2D eigenvalue weighted by Crippen LogP contribution is 2.29. The molecule has 0 aromatic carbocycles. The Labute approximate surface area is 110 Å². The Bertz CT molecular complexity index is 406. The van der Waals surface area contributed by atoms with Gasteiger partial charge in [0.25, 0.3) is 0 Å². The Morgan fingerprint density at radius 2 is 1.94 bits per heavy atom. The van der Waals surface area contributed by atoms with Crippen molar-refractivity contribution >= 4 is 5.69 Å². The number of nitrogens with two attached hydrogens (primary N) is 1. The van der Waals surface area contributed by atoms with Crippen LogP contribution in [0.5, 0.6) is 0 Å². The minimum Gasteiger partial charge on any atom is -0.368 e. The van der Waals surface area contributed by atoms with Crippen LogP contribution in [0.1, 0.15) is 45.1 Å². The maximum absolute atomic E-state index is 5.84. The Morgan fingerprint density at radius 3 is 2.44 bits per heavy atom. The quantitative estimate of drug-likeness (QED) is 0.890. The van der Waals surface area contributed by atoms with Gasteiger partial charge in [-0.1, -0.05) is 27.7 Å². The fourth-order valence-electron chi connectivity index (χ4n) is 2.45. The van der Waals surface area contributed by atoms with Gasteiger partial charge in [0, 0.05) is 25.6 Å². The molecule has 4 nitrogen and oxygen atoms in total. The zero-order valence-corrected chi connectivity index (χ0v) is 11.8. The number of hydrogen-bond donors (Lipinski definition) is 1. The van der Waals surface area contributed by atoms with E-state index < -0.39 is 0 Å². The molecule has 0 radical (unpaired) electrons. The summed E-state index contributed by atoms with van der Waals surface area (Å²) >= 11 is 0. The molecule has 1 fully saturated rings. The number of hydrogen-bond acceptors (Lipinski definition) is 4. The lowest BCUT2D eigenvalue weighted by Crippen LogP contribution is -2.23. The molecule has 0 amide bonds. The van der Waals surface area contributed by atoms with Gasteiger partial charge in [0.05, 0.1) is 17.6 Å². The third-order valence-electron chi connectivity index (χ3n) is 3.90. The van der Waals surface area contributed by atoms with E-state index >= 15 is 0 Å². The summed E-state index contributed by atoms with van der Waals surface area (Å²) < 4.78 is 0. The summed E-state index contributed by atoms with van der Waals surface area (Å²) in [6, 6.07) is 0. The molecule has 2 N–H and O–H groups in total. The summed E-state index contributed by atoms with van der Waals surface area (Å²) in [5.74, 6) is 2.68. The average molecular weight is 248 g/mol. The second-order valence-corrected chi connectivity index (χ2v) is 5.78. The van der Waals surface area contributed by atoms with Crippen LogP contribution in [0.3, 0.4) is 0 Å². The van der Waals surface area contributed by atoms with Gasteiger partial charge in [0.15, 0.2) is 0 Å². The van der Waals surface area contributed by atoms with Gasteiger partial charge < -0.3 is 10.6 Å². The smallest absolute Gasteiger partial charge is 0.131 e. The Hall–Kier alpha value is -1.16. The number of nitrogens with zero attached hydrogens (tertiary/aromatic N) is 3. The topological polar surface area (TPSA) is 55.0 Å². The minimum atomic E-state index is 0.348. The van der Waals surface area contributed by atoms with Gasteiger partial charge >= 0.3 is 0 Å². The van der Waals surface area contributed by atoms with Crippen LogP contribution < -0.4 is 10.6 Å². The van der Waals surface area contributed by atoms with Crippen LogP contribution in [-0.4, -0.2) is 23.1 Å². The molecule has 1 aromatic rings. The van der Waals surface area contributed by atoms with E-state index in [1.165, 1.54) is 0 Å². The fourth-order valence-corrected chi connectivity index (χ4v) is 2.45. The highest BCUT2D eigenvalue weighted by molar-refractivity contribution is 5.50. The van der Waals surface area contributed by atoms with Crippen LogP contribution in [0.4, 0.5) is 5.69 Å². The molecule has 2 rings (SSSR count). The first kappa shape index (κ1) is 13.3. The van der Waals surface area contributed by atoms with Crippen molar-refractivity contribution in [1.82, 2.24) is 9.97 Å². The van der Waals surface area contributed by atoms with E-state index in [1.54, 1.807) is 0 Å². The van der Waals surface area contributed by atoms with E-state index in [0.29, 0.717) is 12.5 Å². The monoisotopic (exact) mass is 248 g/mol. The molecule has 1 aromatic heterocycles. The fraction of sp³-hybridized carbons (Fsp3) is 0.714. The highest BCUT2D eigenvalue weighted by Gasteiger charge is 2.28. The van der Waals surface area contributed by atoms with E-state index in [2.05, 4.69) is 42.6 Å². The van der Waals surface area contributed by atoms with E-state index in [0.717, 1.165) is 42.1 Å². The van der Waals surface area contributed by atoms with Crippen molar-refractivity contribution in [3.63, 3.8) is 0 Å². The predicted molar refractivity (Wildman–Crippen MR) is 74.6 cm³/mol. The lowest BCUT2D eigenvalue weighted by Gasteiger charge is -2.21. The summed E-state index contributed by atoms with van der Waals surface area (Å²) in [6.07, 6.45) is 1.95. The minimum absolute atomic E-state index is 0.348. The molecular formula is C14H24N4. The summed E-state index contributed by atoms with van der Waals surface area (Å²) in [7, 11) is 0. The summed E-state index contributed by atoms with van der Waals surface area (Å²) in [6.45, 7) is 11.5. The maximum atomic E-state index is 5.84. The van der Waals surface area contributed by atoms with Crippen molar-refractivity contribution in [1.29, 1.82) is 0 Å². The van der Waals surface area contributed by atoms with Crippen LogP contribution in [-0.2, 0) is 6.54 Å². The van der Waals surface area contributed by atoms with Crippen LogP contribution >= 0.6 is 0 Å². The van der Waals surface area contributed by atoms with Gasteiger partial charge in [-0.15, -0.1) is 0 Å². The average Bonchev–Trinajstić information content (AvgIpc) is 2.68. The van der Waals surface area contributed by atoms with E-state index in [-0.39, 0.29) is 0 Å². The zero-order chi connectivity index (χ0) is 13.3. The van der Waals surface area contributed by atoms with Crippen molar-refractivity contribution in [2.75, 3.05) is 18.0 Å². The van der Waals surface area contributed by atoms with Crippen molar-refractivity contribution in [2.24, 2.45) is 17.6 Å². The Morgan fingerprint density at radius 1 is 1.33 bits per heavy atom. The molecule has 18 heavy (non-hydrogen) atoms. The molecular weight excluding hydrogens is 224 g/mol. The third-order valence-corrected chi connectivity index (χ3v) is 3.90. The lowest BCUT2D eigenvalue weighted by molar-refractivity contribution is 0.494. The molecule has 0 bridgehead atoms. The summed E-state index contributed by atoms with van der Waals surface area (Å²) in [5.41, 5.74) is 7.94. The van der Waals surface area contributed by atoms with Crippen molar-refractivity contribution in [3.05, 3.63) is 17.7 Å². The number of aromatic nitrogens is 2. The van der Waals surface area contributed by atoms with Gasteiger partial charge in [-0.25, -0.2) is 9.97 Å². The Kier molecular flexibility index (Phi) is 3.85. The zero-order valence-electron chi connectivity index (χ0n) is 11.8. The van der Waals surface area contributed by atoms with Crippen LogP contribution in [0.15, 0.2) is 6.20 Å². The maximum Gasteiger partial charge on any atom is 0.131 e. The standard InChI is InChI=1S/C14H24N4/c1-9(2)14-16-6-13(12(5-15)17-14)18-7-10(3)11(4)8-18/h6,9-11H,5,7-8,15H2,1-4H3. The van der Waals surface area contributed by atoms with Gasteiger partial charge in [0.1, 0.15) is 5.82 Å². The number of rotatable bonds is 3. The molecule has 2 atom stereocenters. The summed E-state index contributed by atoms with van der Waals surface area (Å²) in [4.78, 5) is 11.5. The summed E-state index contributed by atoms with van der Waals surface area (Å²) in [5, 5.41) is 0. The van der Waals surface area contributed by atoms with Crippen molar-refractivity contribution < 1.29 is 0 Å². The lowest BCUT2D eigenvalue weighted by atomic mass is 10.0. The molecule has 1 aliphatic rings. The van der Waals surface area contributed by atoms with Gasteiger partial charge in [0.2, 0.25) is 0 Å². The molecule has 0 spiro atoms. The molecule has 0 aliphatic carbocycles. The first-order valence-corrected chi connectivity index (χ1v) is 6.83. The van der Waals surface area contributed by atoms with E-state index in [9.17, 15) is 0 Å². The molecule has 0 saturated carbocycles. The Balaban J connectivity index is 2.28. The van der Waals surface area contributed by atoms with Crippen molar-refractivity contribution in [3.8, 4) is 0 Å². The molecule has 4 heteroatoms. The molecule has 1 aliphatic heterocycles. The second-order valence-electron chi connectivity index (χ2n) is 5.78. The first-order valence-electron chi connectivity index (χ1n) is 6.83. The van der Waals surface area contributed by atoms with E-state index in [1.807, 2.05) is 6.20 Å². The van der Waals surface area contributed by atoms with Crippen molar-refractivity contribution in [2.45, 2.75) is 40.2 Å². The van der Waals surface area contributed by atoms with Crippen LogP contribution in [0, 0.1) is 11.8 Å². The van der Waals surface area contributed by atoms with Gasteiger partial charge in [-0.05, 0) is 11.8 Å². The van der Waals surface area contributed by atoms with Crippen LogP contribution in [0.25, 0.3) is 0 Å². The highest BCUT2D eigenvalue weighted by atomic mass is 15.2. The predicted octanol–water partition coefficient (Wildman–Crippen LogP) is 2.15. The normalized spacial score (nSPS) is 24.0. The molecule has 2 heterocycles. The SMILES string of the molecule is CC(C)c1ncc(N2CC(C)C(C)C2)c(CN)n1.